The summed E-state index contributed by atoms with van der Waals surface area (Å²) in [6.07, 6.45) is 2.16. The first-order valence-electron chi connectivity index (χ1n) is 13.4. The molecule has 1 heterocycles. The van der Waals surface area contributed by atoms with Crippen LogP contribution < -0.4 is 34.5 Å². The summed E-state index contributed by atoms with van der Waals surface area (Å²) in [5.74, 6) is -0.103. The molecule has 224 valence electrons. The van der Waals surface area contributed by atoms with Gasteiger partial charge in [0.15, 0.2) is 18.1 Å². The molecule has 0 radical (unpaired) electrons. The topological polar surface area (TPSA) is 132 Å². The Labute approximate surface area is 256 Å². The molecule has 0 unspecified atom stereocenters. The van der Waals surface area contributed by atoms with Gasteiger partial charge in [0.25, 0.3) is 17.7 Å². The van der Waals surface area contributed by atoms with E-state index in [1.165, 1.54) is 12.1 Å². The van der Waals surface area contributed by atoms with E-state index in [0.717, 1.165) is 11.3 Å². The van der Waals surface area contributed by atoms with Crippen LogP contribution in [-0.2, 0) is 14.4 Å². The SMILES string of the molecule is CCCOc1ccc(N2C(=O)NC(=O)/C(=C\c3ccc(OCC(=O)Nc4ccc(OC)cc4)c(Br)c3)C2=O)cc1OCC. The molecule has 0 aromatic heterocycles. The summed E-state index contributed by atoms with van der Waals surface area (Å²) in [6, 6.07) is 15.5. The number of halogens is 1. The predicted molar refractivity (Wildman–Crippen MR) is 164 cm³/mol. The molecule has 12 heteroatoms. The molecule has 1 saturated heterocycles. The minimum Gasteiger partial charge on any atom is -0.497 e. The molecule has 1 fully saturated rings. The largest absolute Gasteiger partial charge is 0.497 e. The molecule has 3 aromatic carbocycles. The second-order valence-electron chi connectivity index (χ2n) is 9.13. The van der Waals surface area contributed by atoms with Crippen LogP contribution in [0, 0.1) is 0 Å². The van der Waals surface area contributed by atoms with E-state index in [9.17, 15) is 19.2 Å². The third kappa shape index (κ3) is 7.72. The number of carbonyl (C=O) groups excluding carboxylic acids is 4. The van der Waals surface area contributed by atoms with Crippen molar-refractivity contribution in [2.75, 3.05) is 37.1 Å². The lowest BCUT2D eigenvalue weighted by Gasteiger charge is -2.27. The van der Waals surface area contributed by atoms with E-state index in [1.807, 2.05) is 6.92 Å². The second-order valence-corrected chi connectivity index (χ2v) is 9.98. The Morgan fingerprint density at radius 1 is 0.930 bits per heavy atom. The minimum atomic E-state index is -0.880. The Bertz CT molecular complexity index is 1560. The zero-order chi connectivity index (χ0) is 30.9. The smallest absolute Gasteiger partial charge is 0.335 e. The molecule has 3 aromatic rings. The fourth-order valence-corrected chi connectivity index (χ4v) is 4.54. The highest BCUT2D eigenvalue weighted by Gasteiger charge is 2.37. The van der Waals surface area contributed by atoms with Crippen molar-refractivity contribution in [3.63, 3.8) is 0 Å². The molecule has 2 N–H and O–H groups in total. The third-order valence-electron chi connectivity index (χ3n) is 6.05. The van der Waals surface area contributed by atoms with Crippen molar-refractivity contribution >= 4 is 57.1 Å². The van der Waals surface area contributed by atoms with Crippen molar-refractivity contribution in [2.24, 2.45) is 0 Å². The van der Waals surface area contributed by atoms with Gasteiger partial charge in [-0.1, -0.05) is 13.0 Å². The number of hydrogen-bond acceptors (Lipinski definition) is 8. The average Bonchev–Trinajstić information content (AvgIpc) is 2.99. The Kier molecular flexibility index (Phi) is 10.4. The maximum Gasteiger partial charge on any atom is 0.335 e. The van der Waals surface area contributed by atoms with Gasteiger partial charge in [-0.2, -0.15) is 0 Å². The van der Waals surface area contributed by atoms with Crippen LogP contribution in [0.1, 0.15) is 25.8 Å². The summed E-state index contributed by atoms with van der Waals surface area (Å²) in [5, 5.41) is 4.94. The molecule has 1 aliphatic heterocycles. The zero-order valence-corrected chi connectivity index (χ0v) is 25.4. The number of ether oxygens (including phenoxy) is 4. The van der Waals surface area contributed by atoms with Crippen LogP contribution >= 0.6 is 15.9 Å². The number of nitrogens with zero attached hydrogens (tertiary/aromatic N) is 1. The first kappa shape index (κ1) is 31.1. The van der Waals surface area contributed by atoms with Crippen molar-refractivity contribution in [3.8, 4) is 23.0 Å². The standard InChI is InChI=1S/C31H30BrN3O8/c1-4-14-42-26-13-9-21(17-27(26)41-5-2)35-30(38)23(29(37)34-31(35)39)15-19-6-12-25(24(32)16-19)43-18-28(36)33-20-7-10-22(40-3)11-8-20/h6-13,15-17H,4-5,14,18H2,1-3H3,(H,33,36)(H,34,37,39)/b23-15+. The number of imide groups is 2. The summed E-state index contributed by atoms with van der Waals surface area (Å²) in [4.78, 5) is 52.0. The number of methoxy groups -OCH3 is 1. The number of carbonyl (C=O) groups is 4. The monoisotopic (exact) mass is 651 g/mol. The molecule has 11 nitrogen and oxygen atoms in total. The summed E-state index contributed by atoms with van der Waals surface area (Å²) in [6.45, 7) is 4.34. The van der Waals surface area contributed by atoms with Crippen LogP contribution in [0.15, 0.2) is 70.7 Å². The van der Waals surface area contributed by atoms with Crippen LogP contribution in [0.25, 0.3) is 6.08 Å². The van der Waals surface area contributed by atoms with Gasteiger partial charge in [0.1, 0.15) is 17.1 Å². The quantitative estimate of drug-likeness (QED) is 0.198. The maximum atomic E-state index is 13.4. The fraction of sp³-hybridized carbons (Fsp3) is 0.226. The molecule has 0 spiro atoms. The van der Waals surface area contributed by atoms with Crippen molar-refractivity contribution < 1.29 is 38.1 Å². The lowest BCUT2D eigenvalue weighted by molar-refractivity contribution is -0.122. The lowest BCUT2D eigenvalue weighted by atomic mass is 10.1. The highest BCUT2D eigenvalue weighted by molar-refractivity contribution is 9.10. The van der Waals surface area contributed by atoms with Crippen molar-refractivity contribution in [1.29, 1.82) is 0 Å². The van der Waals surface area contributed by atoms with Crippen LogP contribution in [0.5, 0.6) is 23.0 Å². The Balaban J connectivity index is 1.48. The van der Waals surface area contributed by atoms with E-state index in [-0.39, 0.29) is 23.8 Å². The molecule has 0 saturated carbocycles. The number of amides is 5. The molecule has 43 heavy (non-hydrogen) atoms. The highest BCUT2D eigenvalue weighted by Crippen LogP contribution is 2.34. The number of rotatable bonds is 12. The van der Waals surface area contributed by atoms with Gasteiger partial charge in [0, 0.05) is 11.8 Å². The van der Waals surface area contributed by atoms with Crippen molar-refractivity contribution in [3.05, 3.63) is 76.3 Å². The van der Waals surface area contributed by atoms with Crippen molar-refractivity contribution in [2.45, 2.75) is 20.3 Å². The Hall–Kier alpha value is -4.84. The molecule has 0 atom stereocenters. The first-order valence-corrected chi connectivity index (χ1v) is 14.2. The summed E-state index contributed by atoms with van der Waals surface area (Å²) >= 11 is 3.40. The van der Waals surface area contributed by atoms with E-state index >= 15 is 0 Å². The van der Waals surface area contributed by atoms with E-state index in [2.05, 4.69) is 26.6 Å². The van der Waals surface area contributed by atoms with Gasteiger partial charge >= 0.3 is 6.03 Å². The molecule has 1 aliphatic rings. The summed E-state index contributed by atoms with van der Waals surface area (Å²) < 4.78 is 22.6. The molecule has 0 aliphatic carbocycles. The van der Waals surface area contributed by atoms with Gasteiger partial charge in [-0.05, 0) is 89.4 Å². The Morgan fingerprint density at radius 2 is 1.67 bits per heavy atom. The number of nitrogens with one attached hydrogen (secondary N) is 2. The van der Waals surface area contributed by atoms with Gasteiger partial charge in [-0.3, -0.25) is 19.7 Å². The van der Waals surface area contributed by atoms with Crippen LogP contribution in [0.2, 0.25) is 0 Å². The van der Waals surface area contributed by atoms with Gasteiger partial charge < -0.3 is 24.3 Å². The predicted octanol–water partition coefficient (Wildman–Crippen LogP) is 5.33. The molecule has 4 rings (SSSR count). The number of hydrogen-bond donors (Lipinski definition) is 2. The van der Waals surface area contributed by atoms with E-state index < -0.39 is 17.8 Å². The molecule has 5 amide bonds. The number of benzene rings is 3. The van der Waals surface area contributed by atoms with Gasteiger partial charge in [0.05, 0.1) is 30.5 Å². The molecule has 0 bridgehead atoms. The molecular formula is C31H30BrN3O8. The summed E-state index contributed by atoms with van der Waals surface area (Å²) in [7, 11) is 1.56. The van der Waals surface area contributed by atoms with Crippen molar-refractivity contribution in [1.82, 2.24) is 5.32 Å². The van der Waals surface area contributed by atoms with Crippen LogP contribution in [-0.4, -0.2) is 50.7 Å². The number of anilines is 2. The van der Waals surface area contributed by atoms with E-state index in [4.69, 9.17) is 18.9 Å². The average molecular weight is 652 g/mol. The highest BCUT2D eigenvalue weighted by atomic mass is 79.9. The lowest BCUT2D eigenvalue weighted by Crippen LogP contribution is -2.54. The maximum absolute atomic E-state index is 13.4. The third-order valence-corrected chi connectivity index (χ3v) is 6.67. The zero-order valence-electron chi connectivity index (χ0n) is 23.8. The van der Waals surface area contributed by atoms with Gasteiger partial charge in [-0.15, -0.1) is 0 Å². The van der Waals surface area contributed by atoms with E-state index in [0.29, 0.717) is 51.9 Å². The summed E-state index contributed by atoms with van der Waals surface area (Å²) in [5.41, 5.74) is 1.04. The van der Waals surface area contributed by atoms with E-state index in [1.54, 1.807) is 68.6 Å². The number of urea groups is 1. The first-order chi connectivity index (χ1) is 20.7. The van der Waals surface area contributed by atoms with Gasteiger partial charge in [-0.25, -0.2) is 9.69 Å². The van der Waals surface area contributed by atoms with Crippen LogP contribution in [0.4, 0.5) is 16.2 Å². The second kappa shape index (κ2) is 14.4. The minimum absolute atomic E-state index is 0.214. The van der Waals surface area contributed by atoms with Gasteiger partial charge in [0.2, 0.25) is 0 Å². The van der Waals surface area contributed by atoms with Crippen LogP contribution in [0.3, 0.4) is 0 Å². The molecular weight excluding hydrogens is 622 g/mol. The number of barbiturate groups is 1. The Morgan fingerprint density at radius 3 is 2.35 bits per heavy atom. The normalized spacial score (nSPS) is 13.9. The fourth-order valence-electron chi connectivity index (χ4n) is 4.03.